The Morgan fingerprint density at radius 1 is 1.42 bits per heavy atom. The second kappa shape index (κ2) is 6.52. The van der Waals surface area contributed by atoms with Crippen LogP contribution in [0.1, 0.15) is 49.4 Å². The van der Waals surface area contributed by atoms with Crippen LogP contribution in [-0.2, 0) is 0 Å². The van der Waals surface area contributed by atoms with Gasteiger partial charge in [-0.25, -0.2) is 0 Å². The third-order valence-corrected chi connectivity index (χ3v) is 3.94. The molecule has 5 nitrogen and oxygen atoms in total. The standard InChI is InChI=1S/C14H22N4O/c1-10(11-5-3-2-4-6-11)17-14(19)12-9-16-8-7-13(12)18-15/h7-11H,2-6,15H2,1H3,(H,16,18)(H,17,19). The van der Waals surface area contributed by atoms with Crippen molar-refractivity contribution >= 4 is 11.6 Å². The van der Waals surface area contributed by atoms with Gasteiger partial charge in [0.05, 0.1) is 11.3 Å². The number of carbonyl (C=O) groups excluding carboxylic acids is 1. The van der Waals surface area contributed by atoms with Crippen LogP contribution < -0.4 is 16.6 Å². The number of amides is 1. The van der Waals surface area contributed by atoms with Crippen molar-refractivity contribution in [2.45, 2.75) is 45.1 Å². The summed E-state index contributed by atoms with van der Waals surface area (Å²) in [4.78, 5) is 16.2. The molecular weight excluding hydrogens is 240 g/mol. The Balaban J connectivity index is 1.99. The van der Waals surface area contributed by atoms with E-state index in [-0.39, 0.29) is 11.9 Å². The van der Waals surface area contributed by atoms with Crippen molar-refractivity contribution in [1.82, 2.24) is 10.3 Å². The number of aromatic nitrogens is 1. The van der Waals surface area contributed by atoms with E-state index in [2.05, 4.69) is 22.7 Å². The van der Waals surface area contributed by atoms with Gasteiger partial charge in [0.25, 0.3) is 5.91 Å². The zero-order valence-electron chi connectivity index (χ0n) is 11.4. The van der Waals surface area contributed by atoms with Gasteiger partial charge in [0.15, 0.2) is 0 Å². The van der Waals surface area contributed by atoms with Crippen LogP contribution in [-0.4, -0.2) is 16.9 Å². The normalized spacial score (nSPS) is 17.8. The average Bonchev–Trinajstić information content (AvgIpc) is 2.48. The number of hydrogen-bond donors (Lipinski definition) is 3. The third-order valence-electron chi connectivity index (χ3n) is 3.94. The maximum Gasteiger partial charge on any atom is 0.255 e. The summed E-state index contributed by atoms with van der Waals surface area (Å²) in [5.41, 5.74) is 3.62. The first-order valence-electron chi connectivity index (χ1n) is 6.94. The number of nitrogen functional groups attached to an aromatic ring is 1. The van der Waals surface area contributed by atoms with Crippen LogP contribution in [0.25, 0.3) is 0 Å². The number of anilines is 1. The monoisotopic (exact) mass is 262 g/mol. The van der Waals surface area contributed by atoms with E-state index in [1.54, 1.807) is 12.3 Å². The first kappa shape index (κ1) is 13.8. The van der Waals surface area contributed by atoms with Crippen LogP contribution in [0.2, 0.25) is 0 Å². The number of nitrogens with two attached hydrogens (primary N) is 1. The average molecular weight is 262 g/mol. The molecule has 19 heavy (non-hydrogen) atoms. The third kappa shape index (κ3) is 3.44. The topological polar surface area (TPSA) is 80.0 Å². The molecule has 0 spiro atoms. The molecule has 0 bridgehead atoms. The molecule has 1 atom stereocenters. The molecule has 0 saturated heterocycles. The van der Waals surface area contributed by atoms with E-state index in [1.165, 1.54) is 38.3 Å². The molecule has 1 fully saturated rings. The number of hydrogen-bond acceptors (Lipinski definition) is 4. The van der Waals surface area contributed by atoms with Gasteiger partial charge in [0.1, 0.15) is 0 Å². The van der Waals surface area contributed by atoms with Crippen LogP contribution in [0, 0.1) is 5.92 Å². The fraction of sp³-hybridized carbons (Fsp3) is 0.571. The van der Waals surface area contributed by atoms with Gasteiger partial charge in [-0.15, -0.1) is 0 Å². The largest absolute Gasteiger partial charge is 0.349 e. The number of pyridine rings is 1. The molecule has 1 aromatic rings. The quantitative estimate of drug-likeness (QED) is 0.573. The number of carbonyl (C=O) groups is 1. The second-order valence-corrected chi connectivity index (χ2v) is 5.23. The molecule has 1 unspecified atom stereocenters. The minimum absolute atomic E-state index is 0.112. The van der Waals surface area contributed by atoms with Crippen molar-refractivity contribution < 1.29 is 4.79 Å². The Morgan fingerprint density at radius 2 is 2.16 bits per heavy atom. The lowest BCUT2D eigenvalue weighted by molar-refractivity contribution is 0.0919. The first-order chi connectivity index (χ1) is 9.22. The number of nitrogens with zero attached hydrogens (tertiary/aromatic N) is 1. The highest BCUT2D eigenvalue weighted by Crippen LogP contribution is 2.26. The summed E-state index contributed by atoms with van der Waals surface area (Å²) in [5, 5.41) is 3.07. The smallest absolute Gasteiger partial charge is 0.255 e. The molecule has 1 saturated carbocycles. The van der Waals surface area contributed by atoms with E-state index >= 15 is 0 Å². The van der Waals surface area contributed by atoms with Gasteiger partial charge < -0.3 is 10.7 Å². The molecule has 1 aliphatic carbocycles. The minimum Gasteiger partial charge on any atom is -0.349 e. The first-order valence-corrected chi connectivity index (χ1v) is 6.94. The van der Waals surface area contributed by atoms with Crippen LogP contribution in [0.3, 0.4) is 0 Å². The minimum atomic E-state index is -0.112. The Labute approximate surface area is 114 Å². The van der Waals surface area contributed by atoms with E-state index in [9.17, 15) is 4.79 Å². The summed E-state index contributed by atoms with van der Waals surface area (Å²) in [5.74, 6) is 5.88. The lowest BCUT2D eigenvalue weighted by Gasteiger charge is -2.28. The molecule has 1 heterocycles. The molecule has 5 heteroatoms. The van der Waals surface area contributed by atoms with E-state index in [4.69, 9.17) is 5.84 Å². The lowest BCUT2D eigenvalue weighted by atomic mass is 9.84. The van der Waals surface area contributed by atoms with Crippen molar-refractivity contribution in [2.75, 3.05) is 5.43 Å². The fourth-order valence-electron chi connectivity index (χ4n) is 2.74. The predicted molar refractivity (Wildman–Crippen MR) is 75.6 cm³/mol. The number of hydrazine groups is 1. The Bertz CT molecular complexity index is 429. The van der Waals surface area contributed by atoms with Gasteiger partial charge in [0.2, 0.25) is 0 Å². The fourth-order valence-corrected chi connectivity index (χ4v) is 2.74. The van der Waals surface area contributed by atoms with E-state index in [0.717, 1.165) is 0 Å². The predicted octanol–water partition coefficient (Wildman–Crippen LogP) is 2.07. The van der Waals surface area contributed by atoms with Gasteiger partial charge in [0, 0.05) is 18.4 Å². The highest BCUT2D eigenvalue weighted by Gasteiger charge is 2.22. The molecule has 0 aliphatic heterocycles. The van der Waals surface area contributed by atoms with Gasteiger partial charge in [-0.1, -0.05) is 19.3 Å². The van der Waals surface area contributed by atoms with E-state index in [1.807, 2.05) is 0 Å². The number of rotatable bonds is 4. The Kier molecular flexibility index (Phi) is 4.74. The summed E-state index contributed by atoms with van der Waals surface area (Å²) in [6.07, 6.45) is 9.42. The maximum atomic E-state index is 12.2. The Hall–Kier alpha value is -1.62. The van der Waals surface area contributed by atoms with Crippen molar-refractivity contribution in [2.24, 2.45) is 11.8 Å². The summed E-state index contributed by atoms with van der Waals surface area (Å²) >= 11 is 0. The Morgan fingerprint density at radius 3 is 2.84 bits per heavy atom. The van der Waals surface area contributed by atoms with Crippen LogP contribution in [0.5, 0.6) is 0 Å². The molecule has 0 aromatic carbocycles. The van der Waals surface area contributed by atoms with E-state index in [0.29, 0.717) is 17.2 Å². The van der Waals surface area contributed by atoms with Crippen molar-refractivity contribution in [3.8, 4) is 0 Å². The molecule has 1 aliphatic rings. The molecule has 4 N–H and O–H groups in total. The summed E-state index contributed by atoms with van der Waals surface area (Å²) in [6.45, 7) is 2.08. The van der Waals surface area contributed by atoms with Gasteiger partial charge >= 0.3 is 0 Å². The second-order valence-electron chi connectivity index (χ2n) is 5.23. The summed E-state index contributed by atoms with van der Waals surface area (Å²) < 4.78 is 0. The maximum absolute atomic E-state index is 12.2. The van der Waals surface area contributed by atoms with Crippen molar-refractivity contribution in [1.29, 1.82) is 0 Å². The molecule has 1 aromatic heterocycles. The van der Waals surface area contributed by atoms with Crippen LogP contribution >= 0.6 is 0 Å². The molecule has 104 valence electrons. The van der Waals surface area contributed by atoms with Crippen molar-refractivity contribution in [3.63, 3.8) is 0 Å². The molecular formula is C14H22N4O. The van der Waals surface area contributed by atoms with Gasteiger partial charge in [-0.05, 0) is 31.7 Å². The molecule has 1 amide bonds. The highest BCUT2D eigenvalue weighted by atomic mass is 16.1. The van der Waals surface area contributed by atoms with Crippen LogP contribution in [0.15, 0.2) is 18.5 Å². The zero-order valence-corrected chi connectivity index (χ0v) is 11.4. The van der Waals surface area contributed by atoms with Crippen molar-refractivity contribution in [3.05, 3.63) is 24.0 Å². The SMILES string of the molecule is CC(NC(=O)c1cnccc1NN)C1CCCCC1. The molecule has 2 rings (SSSR count). The molecule has 0 radical (unpaired) electrons. The number of nitrogens with one attached hydrogen (secondary N) is 2. The van der Waals surface area contributed by atoms with Gasteiger partial charge in [-0.3, -0.25) is 15.6 Å². The van der Waals surface area contributed by atoms with Crippen LogP contribution in [0.4, 0.5) is 5.69 Å². The zero-order chi connectivity index (χ0) is 13.7. The highest BCUT2D eigenvalue weighted by molar-refractivity contribution is 5.99. The van der Waals surface area contributed by atoms with Gasteiger partial charge in [-0.2, -0.15) is 0 Å². The van der Waals surface area contributed by atoms with E-state index < -0.39 is 0 Å². The lowest BCUT2D eigenvalue weighted by Crippen LogP contribution is -2.39. The summed E-state index contributed by atoms with van der Waals surface area (Å²) in [7, 11) is 0. The summed E-state index contributed by atoms with van der Waals surface area (Å²) in [6, 6.07) is 1.89.